The Morgan fingerprint density at radius 3 is 2.47 bits per heavy atom. The average Bonchev–Trinajstić information content (AvgIpc) is 2.20. The number of carbonyl (C=O) groups is 1. The summed E-state index contributed by atoms with van der Waals surface area (Å²) in [5, 5.41) is 1.20. The SMILES string of the molecule is O=CCCCOc1cc(Cl)c(Cl)cc1Cl. The van der Waals surface area contributed by atoms with Crippen molar-refractivity contribution in [3.05, 3.63) is 27.2 Å². The quantitative estimate of drug-likeness (QED) is 0.458. The van der Waals surface area contributed by atoms with Gasteiger partial charge in [0.05, 0.1) is 21.7 Å². The molecule has 1 aromatic rings. The molecule has 1 aromatic carbocycles. The van der Waals surface area contributed by atoms with Gasteiger partial charge in [-0.05, 0) is 12.5 Å². The lowest BCUT2D eigenvalue weighted by Gasteiger charge is -2.08. The van der Waals surface area contributed by atoms with Gasteiger partial charge in [-0.3, -0.25) is 0 Å². The molecule has 0 saturated heterocycles. The minimum Gasteiger partial charge on any atom is -0.492 e. The van der Waals surface area contributed by atoms with Crippen molar-refractivity contribution in [3.8, 4) is 5.75 Å². The van der Waals surface area contributed by atoms with Crippen LogP contribution in [0.15, 0.2) is 12.1 Å². The molecule has 0 aromatic heterocycles. The molecule has 2 nitrogen and oxygen atoms in total. The Balaban J connectivity index is 2.61. The van der Waals surface area contributed by atoms with E-state index in [0.717, 1.165) is 6.29 Å². The average molecular weight is 268 g/mol. The van der Waals surface area contributed by atoms with E-state index in [9.17, 15) is 4.79 Å². The van der Waals surface area contributed by atoms with Gasteiger partial charge >= 0.3 is 0 Å². The maximum absolute atomic E-state index is 10.1. The van der Waals surface area contributed by atoms with Crippen LogP contribution in [0.1, 0.15) is 12.8 Å². The second-order valence-corrected chi connectivity index (χ2v) is 4.08. The Hall–Kier alpha value is -0.440. The fraction of sp³-hybridized carbons (Fsp3) is 0.300. The van der Waals surface area contributed by atoms with Gasteiger partial charge in [-0.2, -0.15) is 0 Å². The summed E-state index contributed by atoms with van der Waals surface area (Å²) in [4.78, 5) is 10.1. The minimum absolute atomic E-state index is 0.391. The zero-order valence-corrected chi connectivity index (χ0v) is 10.1. The van der Waals surface area contributed by atoms with Crippen molar-refractivity contribution in [2.24, 2.45) is 0 Å². The smallest absolute Gasteiger partial charge is 0.139 e. The molecule has 15 heavy (non-hydrogen) atoms. The van der Waals surface area contributed by atoms with Gasteiger partial charge in [0.1, 0.15) is 12.0 Å². The molecule has 0 N–H and O–H groups in total. The molecule has 0 aliphatic heterocycles. The molecule has 1 rings (SSSR count). The van der Waals surface area contributed by atoms with Crippen LogP contribution in [0.25, 0.3) is 0 Å². The van der Waals surface area contributed by atoms with Gasteiger partial charge in [-0.1, -0.05) is 34.8 Å². The van der Waals surface area contributed by atoms with Crippen LogP contribution in [-0.2, 0) is 4.79 Å². The van der Waals surface area contributed by atoms with E-state index in [0.29, 0.717) is 40.3 Å². The summed E-state index contributed by atoms with van der Waals surface area (Å²) in [5.41, 5.74) is 0. The highest BCUT2D eigenvalue weighted by molar-refractivity contribution is 6.43. The van der Waals surface area contributed by atoms with E-state index in [-0.39, 0.29) is 0 Å². The number of ether oxygens (including phenoxy) is 1. The Labute approximate surface area is 103 Å². The highest BCUT2D eigenvalue weighted by atomic mass is 35.5. The van der Waals surface area contributed by atoms with Crippen LogP contribution < -0.4 is 4.74 Å². The van der Waals surface area contributed by atoms with E-state index in [1.165, 1.54) is 6.07 Å². The van der Waals surface area contributed by atoms with Crippen LogP contribution in [-0.4, -0.2) is 12.9 Å². The lowest BCUT2D eigenvalue weighted by molar-refractivity contribution is -0.108. The zero-order chi connectivity index (χ0) is 11.3. The molecule has 82 valence electrons. The number of hydrogen-bond acceptors (Lipinski definition) is 2. The largest absolute Gasteiger partial charge is 0.492 e. The van der Waals surface area contributed by atoms with Crippen molar-refractivity contribution in [1.29, 1.82) is 0 Å². The van der Waals surface area contributed by atoms with Gasteiger partial charge in [-0.15, -0.1) is 0 Å². The molecular formula is C10H9Cl3O2. The highest BCUT2D eigenvalue weighted by Gasteiger charge is 2.06. The Morgan fingerprint density at radius 1 is 1.13 bits per heavy atom. The van der Waals surface area contributed by atoms with Crippen LogP contribution in [0.4, 0.5) is 0 Å². The molecule has 0 unspecified atom stereocenters. The van der Waals surface area contributed by atoms with Crippen LogP contribution in [0.2, 0.25) is 15.1 Å². The van der Waals surface area contributed by atoms with Crippen molar-refractivity contribution >= 4 is 41.1 Å². The monoisotopic (exact) mass is 266 g/mol. The van der Waals surface area contributed by atoms with Crippen molar-refractivity contribution < 1.29 is 9.53 Å². The first kappa shape index (κ1) is 12.6. The standard InChI is InChI=1S/C10H9Cl3O2/c11-7-5-9(13)10(6-8(7)12)15-4-2-1-3-14/h3,5-6H,1-2,4H2. The van der Waals surface area contributed by atoms with Gasteiger partial charge in [0.15, 0.2) is 0 Å². The van der Waals surface area contributed by atoms with E-state index >= 15 is 0 Å². The van der Waals surface area contributed by atoms with Gasteiger partial charge in [0.2, 0.25) is 0 Å². The second-order valence-electron chi connectivity index (χ2n) is 2.85. The first-order valence-electron chi connectivity index (χ1n) is 4.36. The number of benzene rings is 1. The van der Waals surface area contributed by atoms with Gasteiger partial charge < -0.3 is 9.53 Å². The third-order valence-electron chi connectivity index (χ3n) is 1.70. The summed E-state index contributed by atoms with van der Waals surface area (Å²) in [6.07, 6.45) is 1.97. The van der Waals surface area contributed by atoms with Crippen molar-refractivity contribution in [1.82, 2.24) is 0 Å². The van der Waals surface area contributed by atoms with Crippen molar-refractivity contribution in [3.63, 3.8) is 0 Å². The Morgan fingerprint density at radius 2 is 1.80 bits per heavy atom. The third kappa shape index (κ3) is 3.90. The first-order chi connectivity index (χ1) is 7.15. The molecule has 0 aliphatic rings. The van der Waals surface area contributed by atoms with Crippen LogP contribution in [0.5, 0.6) is 5.75 Å². The molecule has 0 saturated carbocycles. The highest BCUT2D eigenvalue weighted by Crippen LogP contribution is 2.33. The molecular weight excluding hydrogens is 258 g/mol. The van der Waals surface area contributed by atoms with Crippen molar-refractivity contribution in [2.45, 2.75) is 12.8 Å². The summed E-state index contributed by atoms with van der Waals surface area (Å²) >= 11 is 17.4. The molecule has 0 fully saturated rings. The lowest BCUT2D eigenvalue weighted by atomic mass is 10.3. The normalized spacial score (nSPS) is 10.1. The van der Waals surface area contributed by atoms with E-state index in [4.69, 9.17) is 39.5 Å². The third-order valence-corrected chi connectivity index (χ3v) is 2.72. The van der Waals surface area contributed by atoms with Crippen LogP contribution in [0.3, 0.4) is 0 Å². The summed E-state index contributed by atoms with van der Waals surface area (Å²) in [7, 11) is 0. The molecule has 0 radical (unpaired) electrons. The Kier molecular flexibility index (Phi) is 5.23. The molecule has 0 bridgehead atoms. The fourth-order valence-corrected chi connectivity index (χ4v) is 1.56. The fourth-order valence-electron chi connectivity index (χ4n) is 0.964. The van der Waals surface area contributed by atoms with Crippen LogP contribution in [0, 0.1) is 0 Å². The first-order valence-corrected chi connectivity index (χ1v) is 5.49. The summed E-state index contributed by atoms with van der Waals surface area (Å²) in [5.74, 6) is 0.483. The van der Waals surface area contributed by atoms with Crippen LogP contribution >= 0.6 is 34.8 Å². The number of hydrogen-bond donors (Lipinski definition) is 0. The summed E-state index contributed by atoms with van der Waals surface area (Å²) in [6.45, 7) is 0.427. The molecule has 0 heterocycles. The molecule has 0 aliphatic carbocycles. The number of aldehydes is 1. The molecule has 5 heteroatoms. The predicted molar refractivity (Wildman–Crippen MR) is 62.3 cm³/mol. The van der Waals surface area contributed by atoms with Crippen molar-refractivity contribution in [2.75, 3.05) is 6.61 Å². The molecule has 0 spiro atoms. The maximum Gasteiger partial charge on any atom is 0.139 e. The van der Waals surface area contributed by atoms with E-state index < -0.39 is 0 Å². The van der Waals surface area contributed by atoms with E-state index in [1.807, 2.05) is 0 Å². The number of unbranched alkanes of at least 4 members (excludes halogenated alkanes) is 1. The maximum atomic E-state index is 10.1. The summed E-state index contributed by atoms with van der Waals surface area (Å²) < 4.78 is 5.34. The molecule has 0 amide bonds. The minimum atomic E-state index is 0.391. The van der Waals surface area contributed by atoms with Gasteiger partial charge in [-0.25, -0.2) is 0 Å². The topological polar surface area (TPSA) is 26.3 Å². The lowest BCUT2D eigenvalue weighted by Crippen LogP contribution is -1.98. The van der Waals surface area contributed by atoms with E-state index in [2.05, 4.69) is 0 Å². The number of halogens is 3. The zero-order valence-electron chi connectivity index (χ0n) is 7.80. The number of carbonyl (C=O) groups excluding carboxylic acids is 1. The molecule has 0 atom stereocenters. The number of rotatable bonds is 5. The Bertz CT molecular complexity index is 353. The second kappa shape index (κ2) is 6.21. The van der Waals surface area contributed by atoms with Gasteiger partial charge in [0, 0.05) is 12.5 Å². The van der Waals surface area contributed by atoms with Gasteiger partial charge in [0.25, 0.3) is 0 Å². The predicted octanol–water partition coefficient (Wildman–Crippen LogP) is 4.00. The summed E-state index contributed by atoms with van der Waals surface area (Å²) in [6, 6.07) is 3.09. The van der Waals surface area contributed by atoms with E-state index in [1.54, 1.807) is 6.07 Å².